The topological polar surface area (TPSA) is 195 Å². The van der Waals surface area contributed by atoms with Crippen molar-refractivity contribution in [2.75, 3.05) is 26.4 Å². The Morgan fingerprint density at radius 2 is 0.912 bits per heavy atom. The molecule has 0 rings (SSSR count). The lowest BCUT2D eigenvalue weighted by molar-refractivity contribution is -0.161. The van der Waals surface area contributed by atoms with Crippen molar-refractivity contribution in [3.05, 3.63) is 48.6 Å². The molecule has 0 aromatic heterocycles. The smallest absolute Gasteiger partial charge is 0.462 e. The number of rotatable bonds is 40. The van der Waals surface area contributed by atoms with Crippen LogP contribution in [0.4, 0.5) is 0 Å². The van der Waals surface area contributed by atoms with Gasteiger partial charge >= 0.3 is 27.6 Å². The Kier molecular flexibility index (Phi) is 37.0. The van der Waals surface area contributed by atoms with E-state index in [4.69, 9.17) is 23.8 Å². The quantitative estimate of drug-likeness (QED) is 0.0197. The van der Waals surface area contributed by atoms with Crippen LogP contribution in [0.25, 0.3) is 0 Å². The molecular formula is C42H76O13P2. The van der Waals surface area contributed by atoms with Gasteiger partial charge in [-0.2, -0.15) is 0 Å². The predicted octanol–water partition coefficient (Wildman–Crippen LogP) is 10.7. The van der Waals surface area contributed by atoms with Crippen molar-refractivity contribution in [3.63, 3.8) is 0 Å². The Morgan fingerprint density at radius 3 is 1.49 bits per heavy atom. The number of hydrogen-bond donors (Lipinski definition) is 4. The average molecular weight is 851 g/mol. The number of carbonyl (C=O) groups is 2. The van der Waals surface area contributed by atoms with Gasteiger partial charge in [0.15, 0.2) is 6.10 Å². The van der Waals surface area contributed by atoms with E-state index >= 15 is 0 Å². The number of allylic oxidation sites excluding steroid dienone is 8. The lowest BCUT2D eigenvalue weighted by atomic mass is 10.1. The summed E-state index contributed by atoms with van der Waals surface area (Å²) in [5.41, 5.74) is 0. The summed E-state index contributed by atoms with van der Waals surface area (Å²) < 4.78 is 47.7. The zero-order chi connectivity index (χ0) is 42.3. The van der Waals surface area contributed by atoms with E-state index < -0.39 is 66.2 Å². The molecular weight excluding hydrogens is 774 g/mol. The normalized spacial score (nSPS) is 14.6. The molecule has 0 aromatic carbocycles. The van der Waals surface area contributed by atoms with Crippen LogP contribution in [0.5, 0.6) is 0 Å². The van der Waals surface area contributed by atoms with Gasteiger partial charge in [0.05, 0.1) is 19.8 Å². The van der Waals surface area contributed by atoms with Crippen LogP contribution < -0.4 is 0 Å². The van der Waals surface area contributed by atoms with Gasteiger partial charge < -0.3 is 29.3 Å². The first-order chi connectivity index (χ1) is 27.4. The average Bonchev–Trinajstić information content (AvgIpc) is 3.17. The number of carbonyl (C=O) groups excluding carboxylic acids is 2. The third-order valence-electron chi connectivity index (χ3n) is 8.68. The van der Waals surface area contributed by atoms with Crippen LogP contribution in [0.2, 0.25) is 0 Å². The van der Waals surface area contributed by atoms with Gasteiger partial charge in [0, 0.05) is 12.8 Å². The number of esters is 2. The third-order valence-corrected chi connectivity index (χ3v) is 10.1. The second-order valence-electron chi connectivity index (χ2n) is 14.3. The van der Waals surface area contributed by atoms with Crippen LogP contribution in [0, 0.1) is 0 Å². The molecule has 0 aromatic rings. The Morgan fingerprint density at radius 1 is 0.509 bits per heavy atom. The number of phosphoric ester groups is 2. The van der Waals surface area contributed by atoms with Crippen molar-refractivity contribution in [2.24, 2.45) is 0 Å². The van der Waals surface area contributed by atoms with Gasteiger partial charge in [-0.25, -0.2) is 9.13 Å². The summed E-state index contributed by atoms with van der Waals surface area (Å²) in [7, 11) is -9.68. The Hall–Kier alpha value is -1.92. The van der Waals surface area contributed by atoms with Crippen molar-refractivity contribution < 1.29 is 61.6 Å². The van der Waals surface area contributed by atoms with Crippen molar-refractivity contribution in [1.29, 1.82) is 0 Å². The van der Waals surface area contributed by atoms with Gasteiger partial charge in [-0.3, -0.25) is 23.2 Å². The number of phosphoric acid groups is 2. The second-order valence-corrected chi connectivity index (χ2v) is 16.9. The molecule has 13 nitrogen and oxygen atoms in total. The second kappa shape index (κ2) is 38.3. The van der Waals surface area contributed by atoms with Crippen LogP contribution in [-0.2, 0) is 41.8 Å². The highest BCUT2D eigenvalue weighted by atomic mass is 31.2. The molecule has 0 radical (unpaired) electrons. The molecule has 4 N–H and O–H groups in total. The zero-order valence-electron chi connectivity index (χ0n) is 34.9. The molecule has 3 atom stereocenters. The number of aliphatic hydroxyl groups is 1. The fraction of sp³-hybridized carbons (Fsp3) is 0.762. The Labute approximate surface area is 343 Å². The van der Waals surface area contributed by atoms with Gasteiger partial charge in [-0.1, -0.05) is 127 Å². The fourth-order valence-electron chi connectivity index (χ4n) is 5.41. The molecule has 0 aliphatic heterocycles. The van der Waals surface area contributed by atoms with Gasteiger partial charge in [-0.05, 0) is 77.0 Å². The molecule has 57 heavy (non-hydrogen) atoms. The third kappa shape index (κ3) is 42.0. The highest BCUT2D eigenvalue weighted by Crippen LogP contribution is 2.43. The summed E-state index contributed by atoms with van der Waals surface area (Å²) in [6, 6.07) is 0. The van der Waals surface area contributed by atoms with Crippen LogP contribution >= 0.6 is 15.6 Å². The Balaban J connectivity index is 4.61. The van der Waals surface area contributed by atoms with E-state index in [0.29, 0.717) is 12.8 Å². The van der Waals surface area contributed by atoms with E-state index in [1.807, 2.05) is 0 Å². The first kappa shape index (κ1) is 55.1. The maximum absolute atomic E-state index is 12.6. The monoisotopic (exact) mass is 850 g/mol. The van der Waals surface area contributed by atoms with Crippen molar-refractivity contribution in [1.82, 2.24) is 0 Å². The molecule has 0 fully saturated rings. The molecule has 332 valence electrons. The minimum absolute atomic E-state index is 0.112. The molecule has 0 aliphatic carbocycles. The van der Waals surface area contributed by atoms with E-state index in [2.05, 4.69) is 71.5 Å². The lowest BCUT2D eigenvalue weighted by Crippen LogP contribution is -2.30. The van der Waals surface area contributed by atoms with Gasteiger partial charge in [0.2, 0.25) is 0 Å². The summed E-state index contributed by atoms with van der Waals surface area (Å²) in [6.45, 7) is 1.67. The van der Waals surface area contributed by atoms with Gasteiger partial charge in [0.25, 0.3) is 0 Å². The highest BCUT2D eigenvalue weighted by Gasteiger charge is 2.28. The number of unbranched alkanes of at least 4 members (excludes halogenated alkanes) is 16. The fourth-order valence-corrected chi connectivity index (χ4v) is 6.56. The molecule has 0 heterocycles. The van der Waals surface area contributed by atoms with Gasteiger partial charge in [0.1, 0.15) is 12.7 Å². The van der Waals surface area contributed by atoms with Crippen LogP contribution in [-0.4, -0.2) is 70.4 Å². The molecule has 0 amide bonds. The predicted molar refractivity (Wildman–Crippen MR) is 225 cm³/mol. The van der Waals surface area contributed by atoms with Gasteiger partial charge in [-0.15, -0.1) is 0 Å². The van der Waals surface area contributed by atoms with E-state index in [1.54, 1.807) is 0 Å². The summed E-state index contributed by atoms with van der Waals surface area (Å²) in [6.07, 6.45) is 38.2. The molecule has 0 saturated heterocycles. The first-order valence-electron chi connectivity index (χ1n) is 21.3. The molecule has 1 unspecified atom stereocenters. The minimum Gasteiger partial charge on any atom is -0.462 e. The summed E-state index contributed by atoms with van der Waals surface area (Å²) in [5.74, 6) is -1.09. The number of ether oxygens (including phenoxy) is 2. The Bertz CT molecular complexity index is 1200. The van der Waals surface area contributed by atoms with Crippen LogP contribution in [0.1, 0.15) is 168 Å². The van der Waals surface area contributed by atoms with Crippen molar-refractivity contribution in [3.8, 4) is 0 Å². The molecule has 0 aliphatic rings. The number of hydrogen-bond acceptors (Lipinski definition) is 10. The van der Waals surface area contributed by atoms with Crippen LogP contribution in [0.3, 0.4) is 0 Å². The van der Waals surface area contributed by atoms with E-state index in [9.17, 15) is 28.7 Å². The maximum Gasteiger partial charge on any atom is 0.472 e. The van der Waals surface area contributed by atoms with Crippen molar-refractivity contribution >= 4 is 27.6 Å². The molecule has 0 bridgehead atoms. The summed E-state index contributed by atoms with van der Waals surface area (Å²) in [5, 5.41) is 9.73. The van der Waals surface area contributed by atoms with E-state index in [1.165, 1.54) is 57.8 Å². The number of aliphatic hydroxyl groups excluding tert-OH is 1. The van der Waals surface area contributed by atoms with Crippen molar-refractivity contribution in [2.45, 2.75) is 180 Å². The first-order valence-corrected chi connectivity index (χ1v) is 24.4. The minimum atomic E-state index is -4.87. The highest BCUT2D eigenvalue weighted by molar-refractivity contribution is 7.47. The largest absolute Gasteiger partial charge is 0.472 e. The zero-order valence-corrected chi connectivity index (χ0v) is 36.7. The maximum atomic E-state index is 12.6. The summed E-state index contributed by atoms with van der Waals surface area (Å²) >= 11 is 0. The lowest BCUT2D eigenvalue weighted by Gasteiger charge is -2.20. The van der Waals surface area contributed by atoms with E-state index in [-0.39, 0.29) is 12.8 Å². The standard InChI is InChI=1S/C42H76O13P2/c1-3-5-7-9-11-13-15-17-19-21-23-25-27-29-31-33-41(44)51-37-40(38-54-57(49,50)53-36-39(43)35-52-56(46,47)48)55-42(45)34-32-30-28-26-24-22-20-18-16-14-12-10-8-6-4-2/h11,13,17-20,23,25,39-40,43H,3-10,12,14-16,21-22,24,26-38H2,1-2H3,(H,49,50)(H2,46,47,48)/b13-11-,19-17-,20-18-,25-23-/t39-,40+/m0/s1. The van der Waals surface area contributed by atoms with E-state index in [0.717, 1.165) is 70.6 Å². The molecule has 0 saturated carbocycles. The molecule has 0 spiro atoms. The van der Waals surface area contributed by atoms with Crippen LogP contribution in [0.15, 0.2) is 48.6 Å². The molecule has 15 heteroatoms. The SMILES string of the molecule is CCCCC/C=C\C/C=C\C/C=C\CCCCC(=O)OC[C@H](COP(=O)(O)OC[C@@H](O)COP(=O)(O)O)OC(=O)CCCCCCC/C=C\CCCCCCCC. The summed E-state index contributed by atoms with van der Waals surface area (Å²) in [4.78, 5) is 52.6.